The lowest BCUT2D eigenvalue weighted by Gasteiger charge is -2.04. The van der Waals surface area contributed by atoms with Crippen LogP contribution in [-0.2, 0) is 6.42 Å². The van der Waals surface area contributed by atoms with Gasteiger partial charge in [0.1, 0.15) is 16.6 Å². The summed E-state index contributed by atoms with van der Waals surface area (Å²) in [5, 5.41) is 16.2. The fourth-order valence-electron chi connectivity index (χ4n) is 2.34. The molecule has 3 rings (SSSR count). The van der Waals surface area contributed by atoms with Crippen LogP contribution in [0.5, 0.6) is 0 Å². The Balaban J connectivity index is 1.83. The van der Waals surface area contributed by atoms with Crippen molar-refractivity contribution in [2.75, 3.05) is 5.32 Å². The quantitative estimate of drug-likeness (QED) is 0.488. The van der Waals surface area contributed by atoms with Gasteiger partial charge in [-0.05, 0) is 30.2 Å². The summed E-state index contributed by atoms with van der Waals surface area (Å²) >= 11 is 13.5. The maximum atomic E-state index is 9.48. The van der Waals surface area contributed by atoms with Gasteiger partial charge in [0.2, 0.25) is 0 Å². The third-order valence-electron chi connectivity index (χ3n) is 3.81. The predicted molar refractivity (Wildman–Crippen MR) is 111 cm³/mol. The Kier molecular flexibility index (Phi) is 5.95. The second-order valence-corrected chi connectivity index (χ2v) is 7.23. The molecule has 26 heavy (non-hydrogen) atoms. The summed E-state index contributed by atoms with van der Waals surface area (Å²) in [6, 6.07) is 15.6. The van der Waals surface area contributed by atoms with Gasteiger partial charge in [-0.2, -0.15) is 5.26 Å². The smallest absolute Gasteiger partial charge is 0.136 e. The van der Waals surface area contributed by atoms with Crippen molar-refractivity contribution in [3.8, 4) is 17.3 Å². The van der Waals surface area contributed by atoms with Crippen LogP contribution >= 0.6 is 34.5 Å². The van der Waals surface area contributed by atoms with Crippen LogP contribution in [0.15, 0.2) is 54.0 Å². The zero-order chi connectivity index (χ0) is 18.5. The molecule has 0 fully saturated rings. The first-order chi connectivity index (χ1) is 12.6. The zero-order valence-corrected chi connectivity index (χ0v) is 16.3. The Bertz CT molecular complexity index is 985. The Hall–Kier alpha value is -2.32. The number of allylic oxidation sites excluding steroid dienone is 1. The standard InChI is InChI=1S/C20H15Cl2N3S/c1-2-13-3-5-14(6-4-13)19-12-26-20(25-19)15(10-23)11-24-18-9-16(21)7-8-17(18)22/h3-9,11-12,24H,2H2,1H3/b15-11+. The number of aromatic nitrogens is 1. The highest BCUT2D eigenvalue weighted by Crippen LogP contribution is 2.28. The van der Waals surface area contributed by atoms with E-state index in [2.05, 4.69) is 47.6 Å². The first-order valence-corrected chi connectivity index (χ1v) is 9.61. The minimum atomic E-state index is 0.433. The van der Waals surface area contributed by atoms with Crippen LogP contribution in [0.1, 0.15) is 17.5 Å². The van der Waals surface area contributed by atoms with Crippen LogP contribution in [0.4, 0.5) is 5.69 Å². The molecule has 0 aliphatic heterocycles. The highest BCUT2D eigenvalue weighted by Gasteiger charge is 2.09. The normalized spacial score (nSPS) is 11.2. The maximum Gasteiger partial charge on any atom is 0.136 e. The van der Waals surface area contributed by atoms with Gasteiger partial charge in [0.05, 0.1) is 16.4 Å². The van der Waals surface area contributed by atoms with Gasteiger partial charge in [-0.15, -0.1) is 11.3 Å². The second-order valence-electron chi connectivity index (χ2n) is 5.53. The first-order valence-electron chi connectivity index (χ1n) is 7.97. The van der Waals surface area contributed by atoms with E-state index in [1.165, 1.54) is 16.9 Å². The molecule has 0 bridgehead atoms. The molecule has 1 heterocycles. The Morgan fingerprint density at radius 1 is 1.23 bits per heavy atom. The number of hydrogen-bond donors (Lipinski definition) is 1. The number of hydrogen-bond acceptors (Lipinski definition) is 4. The van der Waals surface area contributed by atoms with Crippen molar-refractivity contribution in [1.29, 1.82) is 5.26 Å². The SMILES string of the molecule is CCc1ccc(-c2csc(/C(C#N)=C/Nc3cc(Cl)ccc3Cl)n2)cc1. The molecule has 0 saturated carbocycles. The van der Waals surface area contributed by atoms with Crippen molar-refractivity contribution in [3.05, 3.63) is 74.7 Å². The first kappa shape index (κ1) is 18.5. The highest BCUT2D eigenvalue weighted by atomic mass is 35.5. The molecule has 0 amide bonds. The van der Waals surface area contributed by atoms with Crippen molar-refractivity contribution >= 4 is 45.8 Å². The molecule has 0 aliphatic rings. The van der Waals surface area contributed by atoms with Crippen molar-refractivity contribution in [1.82, 2.24) is 4.98 Å². The van der Waals surface area contributed by atoms with Crippen molar-refractivity contribution in [2.24, 2.45) is 0 Å². The van der Waals surface area contributed by atoms with Gasteiger partial charge in [-0.1, -0.05) is 54.4 Å². The third-order valence-corrected chi connectivity index (χ3v) is 5.25. The van der Waals surface area contributed by atoms with Crippen LogP contribution < -0.4 is 5.32 Å². The fourth-order valence-corrected chi connectivity index (χ4v) is 3.48. The number of nitriles is 1. The minimum Gasteiger partial charge on any atom is -0.359 e. The molecular weight excluding hydrogens is 385 g/mol. The summed E-state index contributed by atoms with van der Waals surface area (Å²) in [5.74, 6) is 0. The van der Waals surface area contributed by atoms with Gasteiger partial charge in [-0.3, -0.25) is 0 Å². The lowest BCUT2D eigenvalue weighted by atomic mass is 10.1. The number of nitrogens with zero attached hydrogens (tertiary/aromatic N) is 2. The van der Waals surface area contributed by atoms with Crippen LogP contribution in [0.2, 0.25) is 10.0 Å². The molecule has 0 spiro atoms. The predicted octanol–water partition coefficient (Wildman–Crippen LogP) is 6.66. The van der Waals surface area contributed by atoms with E-state index < -0.39 is 0 Å². The molecule has 0 saturated heterocycles. The molecule has 6 heteroatoms. The van der Waals surface area contributed by atoms with Crippen LogP contribution in [0, 0.1) is 11.3 Å². The van der Waals surface area contributed by atoms with Gasteiger partial charge in [0.25, 0.3) is 0 Å². The highest BCUT2D eigenvalue weighted by molar-refractivity contribution is 7.11. The number of thiazole rings is 1. The van der Waals surface area contributed by atoms with Crippen LogP contribution in [0.25, 0.3) is 16.8 Å². The molecule has 0 aliphatic carbocycles. The van der Waals surface area contributed by atoms with E-state index in [0.717, 1.165) is 17.7 Å². The second kappa shape index (κ2) is 8.37. The molecule has 1 aromatic heterocycles. The third kappa shape index (κ3) is 4.25. The molecule has 0 unspecified atom stereocenters. The molecule has 130 valence electrons. The lowest BCUT2D eigenvalue weighted by molar-refractivity contribution is 1.14. The Morgan fingerprint density at radius 2 is 2.00 bits per heavy atom. The molecule has 2 aromatic carbocycles. The average Bonchev–Trinajstić information content (AvgIpc) is 3.15. The van der Waals surface area contributed by atoms with Crippen molar-refractivity contribution in [3.63, 3.8) is 0 Å². The van der Waals surface area contributed by atoms with E-state index in [1.807, 2.05) is 5.38 Å². The lowest BCUT2D eigenvalue weighted by Crippen LogP contribution is -1.92. The molecule has 0 atom stereocenters. The minimum absolute atomic E-state index is 0.433. The van der Waals surface area contributed by atoms with Gasteiger partial charge in [0.15, 0.2) is 0 Å². The molecule has 1 N–H and O–H groups in total. The Labute approximate surface area is 166 Å². The summed E-state index contributed by atoms with van der Waals surface area (Å²) in [7, 11) is 0. The largest absolute Gasteiger partial charge is 0.359 e. The Morgan fingerprint density at radius 3 is 2.69 bits per heavy atom. The number of anilines is 1. The van der Waals surface area contributed by atoms with E-state index in [4.69, 9.17) is 23.2 Å². The van der Waals surface area contributed by atoms with E-state index in [9.17, 15) is 5.26 Å². The summed E-state index contributed by atoms with van der Waals surface area (Å²) in [4.78, 5) is 4.59. The van der Waals surface area contributed by atoms with Gasteiger partial charge in [0, 0.05) is 22.2 Å². The summed E-state index contributed by atoms with van der Waals surface area (Å²) in [6.45, 7) is 2.12. The number of nitrogens with one attached hydrogen (secondary N) is 1. The van der Waals surface area contributed by atoms with E-state index >= 15 is 0 Å². The summed E-state index contributed by atoms with van der Waals surface area (Å²) < 4.78 is 0. The van der Waals surface area contributed by atoms with Gasteiger partial charge >= 0.3 is 0 Å². The zero-order valence-electron chi connectivity index (χ0n) is 14.0. The molecule has 3 nitrogen and oxygen atoms in total. The van der Waals surface area contributed by atoms with Gasteiger partial charge < -0.3 is 5.32 Å². The topological polar surface area (TPSA) is 48.7 Å². The van der Waals surface area contributed by atoms with Crippen molar-refractivity contribution in [2.45, 2.75) is 13.3 Å². The number of aryl methyl sites for hydroxylation is 1. The number of halogens is 2. The van der Waals surface area contributed by atoms with E-state index in [1.54, 1.807) is 24.4 Å². The van der Waals surface area contributed by atoms with Crippen molar-refractivity contribution < 1.29 is 0 Å². The van der Waals surface area contributed by atoms with Gasteiger partial charge in [-0.25, -0.2) is 4.98 Å². The van der Waals surface area contributed by atoms with Crippen LogP contribution in [-0.4, -0.2) is 4.98 Å². The molecule has 0 radical (unpaired) electrons. The monoisotopic (exact) mass is 399 g/mol. The summed E-state index contributed by atoms with van der Waals surface area (Å²) in [6.07, 6.45) is 2.60. The number of rotatable bonds is 5. The van der Waals surface area contributed by atoms with Crippen LogP contribution in [0.3, 0.4) is 0 Å². The number of benzene rings is 2. The average molecular weight is 400 g/mol. The fraction of sp³-hybridized carbons (Fsp3) is 0.100. The molecular formula is C20H15Cl2N3S. The maximum absolute atomic E-state index is 9.48. The molecule has 3 aromatic rings. The van der Waals surface area contributed by atoms with E-state index in [-0.39, 0.29) is 0 Å². The van der Waals surface area contributed by atoms with E-state index in [0.29, 0.717) is 26.3 Å². The summed E-state index contributed by atoms with van der Waals surface area (Å²) in [5.41, 5.74) is 4.24.